The van der Waals surface area contributed by atoms with E-state index < -0.39 is 0 Å². The number of aryl methyl sites for hydroxylation is 1. The second-order valence-corrected chi connectivity index (χ2v) is 3.95. The van der Waals surface area contributed by atoms with Crippen LogP contribution in [0.1, 0.15) is 30.0 Å². The highest BCUT2D eigenvalue weighted by molar-refractivity contribution is 5.41. The molecule has 0 spiro atoms. The number of nitro benzene ring substituents is 1. The van der Waals surface area contributed by atoms with Gasteiger partial charge in [-0.05, 0) is 37.4 Å². The largest absolute Gasteiger partial charge is 0.310 e. The van der Waals surface area contributed by atoms with Crippen molar-refractivity contribution in [2.24, 2.45) is 0 Å². The molecule has 15 heavy (non-hydrogen) atoms. The topological polar surface area (TPSA) is 55.2 Å². The van der Waals surface area contributed by atoms with Crippen molar-refractivity contribution in [2.45, 2.75) is 25.8 Å². The van der Waals surface area contributed by atoms with Crippen LogP contribution in [-0.4, -0.2) is 11.5 Å². The van der Waals surface area contributed by atoms with Crippen molar-refractivity contribution in [3.8, 4) is 0 Å². The Kier molecular flexibility index (Phi) is 2.68. The molecule has 1 atom stereocenters. The van der Waals surface area contributed by atoms with E-state index in [-0.39, 0.29) is 10.6 Å². The Morgan fingerprint density at radius 2 is 2.33 bits per heavy atom. The summed E-state index contributed by atoms with van der Waals surface area (Å²) in [6.45, 7) is 3.01. The molecule has 1 aliphatic rings. The van der Waals surface area contributed by atoms with Crippen LogP contribution in [0, 0.1) is 17.0 Å². The number of rotatable bonds is 2. The van der Waals surface area contributed by atoms with Crippen LogP contribution in [0.15, 0.2) is 18.2 Å². The number of hydrogen-bond acceptors (Lipinski definition) is 3. The van der Waals surface area contributed by atoms with Crippen LogP contribution in [0.5, 0.6) is 0 Å². The van der Waals surface area contributed by atoms with Crippen molar-refractivity contribution in [3.05, 3.63) is 39.4 Å². The quantitative estimate of drug-likeness (QED) is 0.596. The summed E-state index contributed by atoms with van der Waals surface area (Å²) in [5, 5.41) is 14.0. The average molecular weight is 206 g/mol. The van der Waals surface area contributed by atoms with Crippen LogP contribution >= 0.6 is 0 Å². The number of benzene rings is 1. The highest BCUT2D eigenvalue weighted by atomic mass is 16.6. The van der Waals surface area contributed by atoms with Crippen LogP contribution < -0.4 is 5.32 Å². The van der Waals surface area contributed by atoms with Crippen molar-refractivity contribution in [3.63, 3.8) is 0 Å². The van der Waals surface area contributed by atoms with Crippen molar-refractivity contribution < 1.29 is 4.92 Å². The van der Waals surface area contributed by atoms with E-state index in [1.165, 1.54) is 0 Å². The van der Waals surface area contributed by atoms with E-state index in [2.05, 4.69) is 5.32 Å². The molecule has 1 N–H and O–H groups in total. The van der Waals surface area contributed by atoms with E-state index in [0.29, 0.717) is 6.04 Å². The average Bonchev–Trinajstić information content (AvgIpc) is 2.71. The summed E-state index contributed by atoms with van der Waals surface area (Å²) in [4.78, 5) is 10.3. The molecule has 1 aliphatic heterocycles. The predicted molar refractivity (Wildman–Crippen MR) is 57.8 cm³/mol. The van der Waals surface area contributed by atoms with Gasteiger partial charge < -0.3 is 5.32 Å². The SMILES string of the molecule is Cc1ccc([N+](=O)[O-])cc1[C@H]1CCCN1. The Labute approximate surface area is 88.5 Å². The molecule has 0 bridgehead atoms. The van der Waals surface area contributed by atoms with E-state index in [0.717, 1.165) is 30.5 Å². The molecule has 0 amide bonds. The number of nitro groups is 1. The van der Waals surface area contributed by atoms with Gasteiger partial charge in [0.05, 0.1) is 4.92 Å². The van der Waals surface area contributed by atoms with E-state index in [9.17, 15) is 10.1 Å². The van der Waals surface area contributed by atoms with Crippen LogP contribution in [0.25, 0.3) is 0 Å². The first-order valence-electron chi connectivity index (χ1n) is 5.17. The monoisotopic (exact) mass is 206 g/mol. The maximum Gasteiger partial charge on any atom is 0.269 e. The van der Waals surface area contributed by atoms with E-state index in [1.807, 2.05) is 13.0 Å². The zero-order valence-electron chi connectivity index (χ0n) is 8.69. The molecule has 4 heteroatoms. The molecule has 2 rings (SSSR count). The lowest BCUT2D eigenvalue weighted by Gasteiger charge is -2.13. The number of nitrogens with one attached hydrogen (secondary N) is 1. The molecule has 1 heterocycles. The Balaban J connectivity index is 2.35. The Hall–Kier alpha value is -1.42. The van der Waals surface area contributed by atoms with Gasteiger partial charge in [-0.15, -0.1) is 0 Å². The molecule has 1 aromatic rings. The molecule has 1 fully saturated rings. The van der Waals surface area contributed by atoms with Gasteiger partial charge in [0.2, 0.25) is 0 Å². The lowest BCUT2D eigenvalue weighted by Crippen LogP contribution is -2.14. The van der Waals surface area contributed by atoms with Gasteiger partial charge in [-0.3, -0.25) is 10.1 Å². The lowest BCUT2D eigenvalue weighted by molar-refractivity contribution is -0.384. The van der Waals surface area contributed by atoms with Crippen LogP contribution in [0.2, 0.25) is 0 Å². The highest BCUT2D eigenvalue weighted by Crippen LogP contribution is 2.28. The Bertz CT molecular complexity index is 384. The molecule has 0 unspecified atom stereocenters. The zero-order valence-corrected chi connectivity index (χ0v) is 8.69. The fourth-order valence-electron chi connectivity index (χ4n) is 2.07. The van der Waals surface area contributed by atoms with Crippen LogP contribution in [0.3, 0.4) is 0 Å². The summed E-state index contributed by atoms with van der Waals surface area (Å²) < 4.78 is 0. The lowest BCUT2D eigenvalue weighted by atomic mass is 9.99. The predicted octanol–water partition coefficient (Wildman–Crippen LogP) is 2.33. The van der Waals surface area contributed by atoms with Crippen molar-refractivity contribution in [1.82, 2.24) is 5.32 Å². The van der Waals surface area contributed by atoms with Gasteiger partial charge in [0.1, 0.15) is 0 Å². The summed E-state index contributed by atoms with van der Waals surface area (Å²) in [7, 11) is 0. The number of non-ortho nitro benzene ring substituents is 1. The van der Waals surface area contributed by atoms with Crippen molar-refractivity contribution in [1.29, 1.82) is 0 Å². The molecular weight excluding hydrogens is 192 g/mol. The second-order valence-electron chi connectivity index (χ2n) is 3.95. The molecular formula is C11H14N2O2. The third kappa shape index (κ3) is 1.99. The van der Waals surface area contributed by atoms with Gasteiger partial charge in [-0.2, -0.15) is 0 Å². The third-order valence-corrected chi connectivity index (χ3v) is 2.91. The maximum absolute atomic E-state index is 10.7. The van der Waals surface area contributed by atoms with Crippen molar-refractivity contribution in [2.75, 3.05) is 6.54 Å². The minimum Gasteiger partial charge on any atom is -0.310 e. The molecule has 1 saturated heterocycles. The molecule has 1 aromatic carbocycles. The summed E-state index contributed by atoms with van der Waals surface area (Å²) in [6, 6.07) is 5.38. The minimum absolute atomic E-state index is 0.185. The van der Waals surface area contributed by atoms with Crippen LogP contribution in [0.4, 0.5) is 5.69 Å². The van der Waals surface area contributed by atoms with E-state index >= 15 is 0 Å². The first kappa shape index (κ1) is 10.1. The van der Waals surface area contributed by atoms with Crippen LogP contribution in [-0.2, 0) is 0 Å². The van der Waals surface area contributed by atoms with Gasteiger partial charge in [0, 0.05) is 18.2 Å². The smallest absolute Gasteiger partial charge is 0.269 e. The van der Waals surface area contributed by atoms with Gasteiger partial charge in [-0.25, -0.2) is 0 Å². The molecule has 0 aromatic heterocycles. The Morgan fingerprint density at radius 1 is 1.53 bits per heavy atom. The van der Waals surface area contributed by atoms with Gasteiger partial charge in [-0.1, -0.05) is 6.07 Å². The summed E-state index contributed by atoms with van der Waals surface area (Å²) >= 11 is 0. The fraction of sp³-hybridized carbons (Fsp3) is 0.455. The van der Waals surface area contributed by atoms with E-state index in [1.54, 1.807) is 12.1 Å². The van der Waals surface area contributed by atoms with E-state index in [4.69, 9.17) is 0 Å². The molecule has 0 aliphatic carbocycles. The summed E-state index contributed by atoms with van der Waals surface area (Å²) in [5.41, 5.74) is 2.38. The molecule has 80 valence electrons. The Morgan fingerprint density at radius 3 is 2.93 bits per heavy atom. The maximum atomic E-state index is 10.7. The minimum atomic E-state index is -0.335. The fourth-order valence-corrected chi connectivity index (χ4v) is 2.07. The summed E-state index contributed by atoms with van der Waals surface area (Å²) in [5.74, 6) is 0. The van der Waals surface area contributed by atoms with Gasteiger partial charge in [0.25, 0.3) is 5.69 Å². The highest BCUT2D eigenvalue weighted by Gasteiger charge is 2.20. The normalized spacial score (nSPS) is 20.5. The summed E-state index contributed by atoms with van der Waals surface area (Å²) in [6.07, 6.45) is 2.22. The number of nitrogens with zero attached hydrogens (tertiary/aromatic N) is 1. The van der Waals surface area contributed by atoms with Gasteiger partial charge >= 0.3 is 0 Å². The molecule has 0 radical (unpaired) electrons. The van der Waals surface area contributed by atoms with Gasteiger partial charge in [0.15, 0.2) is 0 Å². The standard InChI is InChI=1S/C11H14N2O2/c1-8-4-5-9(13(14)15)7-10(8)11-3-2-6-12-11/h4-5,7,11-12H,2-3,6H2,1H3/t11-/m1/s1. The van der Waals surface area contributed by atoms with Crippen molar-refractivity contribution >= 4 is 5.69 Å². The third-order valence-electron chi connectivity index (χ3n) is 2.91. The first-order valence-corrected chi connectivity index (χ1v) is 5.17. The first-order chi connectivity index (χ1) is 7.18. The number of hydrogen-bond donors (Lipinski definition) is 1. The second kappa shape index (κ2) is 3.98. The zero-order chi connectivity index (χ0) is 10.8. The molecule has 0 saturated carbocycles. The molecule has 4 nitrogen and oxygen atoms in total.